The first kappa shape index (κ1) is 12.1. The van der Waals surface area contributed by atoms with Gasteiger partial charge >= 0.3 is 0 Å². The lowest BCUT2D eigenvalue weighted by molar-refractivity contribution is 0.585. The zero-order chi connectivity index (χ0) is 12.4. The first-order valence-electron chi connectivity index (χ1n) is 5.28. The quantitative estimate of drug-likeness (QED) is 0.912. The zero-order valence-corrected chi connectivity index (χ0v) is 10.5. The maximum absolute atomic E-state index is 13.7. The van der Waals surface area contributed by atoms with Crippen molar-refractivity contribution in [2.24, 2.45) is 12.8 Å². The van der Waals surface area contributed by atoms with Gasteiger partial charge in [0.2, 0.25) is 0 Å². The van der Waals surface area contributed by atoms with Gasteiger partial charge in [0, 0.05) is 29.7 Å². The average Bonchev–Trinajstić information content (AvgIpc) is 2.63. The predicted octanol–water partition coefficient (Wildman–Crippen LogP) is 2.73. The highest BCUT2D eigenvalue weighted by Crippen LogP contribution is 2.33. The lowest BCUT2D eigenvalue weighted by Crippen LogP contribution is -2.08. The topological polar surface area (TPSA) is 43.8 Å². The SMILES string of the molecule is C[C@@H](N)c1c(F)cccc1Sc1cnn(C)c1. The zero-order valence-electron chi connectivity index (χ0n) is 9.72. The second-order valence-electron chi connectivity index (χ2n) is 3.89. The van der Waals surface area contributed by atoms with Crippen molar-refractivity contribution in [3.63, 3.8) is 0 Å². The van der Waals surface area contributed by atoms with Crippen LogP contribution >= 0.6 is 11.8 Å². The molecule has 0 saturated heterocycles. The van der Waals surface area contributed by atoms with Gasteiger partial charge in [0.05, 0.1) is 11.1 Å². The summed E-state index contributed by atoms with van der Waals surface area (Å²) in [4.78, 5) is 1.81. The van der Waals surface area contributed by atoms with Crippen molar-refractivity contribution in [3.05, 3.63) is 42.0 Å². The largest absolute Gasteiger partial charge is 0.324 e. The van der Waals surface area contributed by atoms with E-state index in [1.165, 1.54) is 17.8 Å². The van der Waals surface area contributed by atoms with Gasteiger partial charge in [0.15, 0.2) is 0 Å². The van der Waals surface area contributed by atoms with Gasteiger partial charge in [-0.05, 0) is 19.1 Å². The number of nitrogens with two attached hydrogens (primary N) is 1. The van der Waals surface area contributed by atoms with E-state index in [-0.39, 0.29) is 11.9 Å². The number of rotatable bonds is 3. The molecule has 0 aliphatic carbocycles. The Labute approximate surface area is 104 Å². The van der Waals surface area contributed by atoms with Gasteiger partial charge in [-0.2, -0.15) is 5.10 Å². The highest BCUT2D eigenvalue weighted by atomic mass is 32.2. The van der Waals surface area contributed by atoms with Gasteiger partial charge in [-0.25, -0.2) is 4.39 Å². The van der Waals surface area contributed by atoms with Gasteiger partial charge in [-0.15, -0.1) is 0 Å². The first-order valence-corrected chi connectivity index (χ1v) is 6.10. The maximum Gasteiger partial charge on any atom is 0.129 e. The number of benzene rings is 1. The number of aromatic nitrogens is 2. The van der Waals surface area contributed by atoms with Gasteiger partial charge in [-0.1, -0.05) is 17.8 Å². The molecule has 0 aliphatic heterocycles. The molecule has 1 aromatic carbocycles. The molecule has 2 rings (SSSR count). The number of hydrogen-bond donors (Lipinski definition) is 1. The lowest BCUT2D eigenvalue weighted by Gasteiger charge is -2.12. The van der Waals surface area contributed by atoms with Crippen molar-refractivity contribution in [1.82, 2.24) is 9.78 Å². The smallest absolute Gasteiger partial charge is 0.129 e. The molecule has 0 aliphatic rings. The molecule has 1 aromatic heterocycles. The molecule has 17 heavy (non-hydrogen) atoms. The van der Waals surface area contributed by atoms with E-state index in [9.17, 15) is 4.39 Å². The maximum atomic E-state index is 13.7. The van der Waals surface area contributed by atoms with E-state index >= 15 is 0 Å². The Bertz CT molecular complexity index is 522. The summed E-state index contributed by atoms with van der Waals surface area (Å²) in [6.45, 7) is 1.78. The Morgan fingerprint density at radius 3 is 2.82 bits per heavy atom. The molecule has 0 saturated carbocycles. The second-order valence-corrected chi connectivity index (χ2v) is 5.01. The normalized spacial score (nSPS) is 12.7. The Hall–Kier alpha value is -1.33. The third-order valence-corrected chi connectivity index (χ3v) is 3.40. The van der Waals surface area contributed by atoms with Crippen LogP contribution in [0.3, 0.4) is 0 Å². The van der Waals surface area contributed by atoms with Crippen LogP contribution in [0, 0.1) is 5.82 Å². The fourth-order valence-corrected chi connectivity index (χ4v) is 2.73. The summed E-state index contributed by atoms with van der Waals surface area (Å²) in [7, 11) is 1.85. The lowest BCUT2D eigenvalue weighted by atomic mass is 10.1. The van der Waals surface area contributed by atoms with Crippen LogP contribution < -0.4 is 5.73 Å². The Morgan fingerprint density at radius 1 is 1.47 bits per heavy atom. The van der Waals surface area contributed by atoms with E-state index in [0.717, 1.165) is 9.79 Å². The Morgan fingerprint density at radius 2 is 2.24 bits per heavy atom. The second kappa shape index (κ2) is 4.89. The van der Waals surface area contributed by atoms with Crippen molar-refractivity contribution >= 4 is 11.8 Å². The van der Waals surface area contributed by atoms with Crippen molar-refractivity contribution in [2.45, 2.75) is 22.8 Å². The molecule has 0 unspecified atom stereocenters. The minimum Gasteiger partial charge on any atom is -0.324 e. The third-order valence-electron chi connectivity index (χ3n) is 2.38. The molecule has 3 nitrogen and oxygen atoms in total. The molecule has 0 fully saturated rings. The van der Waals surface area contributed by atoms with E-state index in [4.69, 9.17) is 5.73 Å². The van der Waals surface area contributed by atoms with E-state index in [1.807, 2.05) is 19.3 Å². The van der Waals surface area contributed by atoms with E-state index in [2.05, 4.69) is 5.10 Å². The summed E-state index contributed by atoms with van der Waals surface area (Å²) in [5.74, 6) is -0.256. The van der Waals surface area contributed by atoms with Gasteiger partial charge in [-0.3, -0.25) is 4.68 Å². The third kappa shape index (κ3) is 2.68. The van der Waals surface area contributed by atoms with Crippen molar-refractivity contribution < 1.29 is 4.39 Å². The molecule has 5 heteroatoms. The summed E-state index contributed by atoms with van der Waals surface area (Å²) in [6, 6.07) is 4.68. The molecule has 0 bridgehead atoms. The molecule has 0 spiro atoms. The van der Waals surface area contributed by atoms with Gasteiger partial charge < -0.3 is 5.73 Å². The van der Waals surface area contributed by atoms with Crippen LogP contribution in [0.4, 0.5) is 4.39 Å². The van der Waals surface area contributed by atoms with Gasteiger partial charge in [0.25, 0.3) is 0 Å². The molecule has 2 N–H and O–H groups in total. The highest BCUT2D eigenvalue weighted by molar-refractivity contribution is 7.99. The molecule has 2 aromatic rings. The molecule has 1 atom stereocenters. The molecule has 90 valence electrons. The number of nitrogens with zero attached hydrogens (tertiary/aromatic N) is 2. The summed E-state index contributed by atoms with van der Waals surface area (Å²) in [5, 5.41) is 4.08. The van der Waals surface area contributed by atoms with E-state index in [1.54, 1.807) is 23.9 Å². The first-order chi connectivity index (χ1) is 8.08. The standard InChI is InChI=1S/C12H14FN3S/c1-8(14)12-10(13)4-3-5-11(12)17-9-6-15-16(2)7-9/h3-8H,14H2,1-2H3/t8-/m1/s1. The Kier molecular flexibility index (Phi) is 3.49. The highest BCUT2D eigenvalue weighted by Gasteiger charge is 2.13. The fourth-order valence-electron chi connectivity index (χ4n) is 1.63. The molecular formula is C12H14FN3S. The van der Waals surface area contributed by atoms with Crippen LogP contribution in [-0.4, -0.2) is 9.78 Å². The number of hydrogen-bond acceptors (Lipinski definition) is 3. The average molecular weight is 251 g/mol. The Balaban J connectivity index is 2.35. The van der Waals surface area contributed by atoms with Gasteiger partial charge in [0.1, 0.15) is 5.82 Å². The van der Waals surface area contributed by atoms with Crippen LogP contribution in [0.2, 0.25) is 0 Å². The molecule has 1 heterocycles. The van der Waals surface area contributed by atoms with E-state index < -0.39 is 0 Å². The van der Waals surface area contributed by atoms with Crippen molar-refractivity contribution in [2.75, 3.05) is 0 Å². The summed E-state index contributed by atoms with van der Waals surface area (Å²) in [6.07, 6.45) is 3.64. The minimum atomic E-state index is -0.324. The van der Waals surface area contributed by atoms with Crippen LogP contribution in [0.5, 0.6) is 0 Å². The molecular weight excluding hydrogens is 237 g/mol. The van der Waals surface area contributed by atoms with Crippen LogP contribution in [-0.2, 0) is 7.05 Å². The molecule has 0 radical (unpaired) electrons. The monoisotopic (exact) mass is 251 g/mol. The predicted molar refractivity (Wildman–Crippen MR) is 66.3 cm³/mol. The number of aryl methyl sites for hydroxylation is 1. The van der Waals surface area contributed by atoms with Crippen LogP contribution in [0.25, 0.3) is 0 Å². The summed E-state index contributed by atoms with van der Waals surface area (Å²) < 4.78 is 15.4. The summed E-state index contributed by atoms with van der Waals surface area (Å²) >= 11 is 1.47. The fraction of sp³-hybridized carbons (Fsp3) is 0.250. The van der Waals surface area contributed by atoms with E-state index in [0.29, 0.717) is 5.56 Å². The molecule has 0 amide bonds. The minimum absolute atomic E-state index is 0.256. The van der Waals surface area contributed by atoms with Crippen LogP contribution in [0.15, 0.2) is 40.4 Å². The van der Waals surface area contributed by atoms with Crippen LogP contribution in [0.1, 0.15) is 18.5 Å². The van der Waals surface area contributed by atoms with Crippen molar-refractivity contribution in [1.29, 1.82) is 0 Å². The number of halogens is 1. The summed E-state index contributed by atoms with van der Waals surface area (Å²) in [5.41, 5.74) is 6.36. The van der Waals surface area contributed by atoms with Crippen molar-refractivity contribution in [3.8, 4) is 0 Å².